The zero-order valence-corrected chi connectivity index (χ0v) is 10.3. The summed E-state index contributed by atoms with van der Waals surface area (Å²) >= 11 is 0. The molecule has 0 aliphatic heterocycles. The maximum absolute atomic E-state index is 5.63. The predicted octanol–water partition coefficient (Wildman–Crippen LogP) is 2.58. The number of pyridine rings is 1. The molecule has 0 aliphatic carbocycles. The molecule has 0 atom stereocenters. The normalized spacial score (nSPS) is 10.5. The second-order valence-electron chi connectivity index (χ2n) is 4.00. The van der Waals surface area contributed by atoms with E-state index in [4.69, 9.17) is 4.74 Å². The third kappa shape index (κ3) is 3.31. The number of aromatic nitrogens is 3. The Labute approximate surface area is 101 Å². The maximum atomic E-state index is 5.63. The molecule has 2 aromatic heterocycles. The average molecular weight is 231 g/mol. The molecular formula is C13H17N3O. The van der Waals surface area contributed by atoms with Crippen LogP contribution in [0, 0.1) is 6.92 Å². The van der Waals surface area contributed by atoms with Crippen LogP contribution in [-0.4, -0.2) is 14.8 Å². The van der Waals surface area contributed by atoms with Gasteiger partial charge in [-0.05, 0) is 25.5 Å². The smallest absolute Gasteiger partial charge is 0.157 e. The highest BCUT2D eigenvalue weighted by molar-refractivity contribution is 5.14. The Morgan fingerprint density at radius 2 is 2.24 bits per heavy atom. The first-order valence-electron chi connectivity index (χ1n) is 5.85. The van der Waals surface area contributed by atoms with Gasteiger partial charge < -0.3 is 4.74 Å². The van der Waals surface area contributed by atoms with Crippen LogP contribution in [-0.2, 0) is 13.2 Å². The summed E-state index contributed by atoms with van der Waals surface area (Å²) in [4.78, 5) is 4.38. The number of hydrogen-bond donors (Lipinski definition) is 0. The quantitative estimate of drug-likeness (QED) is 0.794. The van der Waals surface area contributed by atoms with Gasteiger partial charge in [0, 0.05) is 12.2 Å². The minimum atomic E-state index is 0.486. The van der Waals surface area contributed by atoms with Crippen LogP contribution in [0.5, 0.6) is 5.75 Å². The standard InChI is InChI=1S/C13H17N3O/c1-3-7-16-9-13(8-14-16)17-10-12-6-4-5-11(2)15-12/h4-6,8-9H,3,7,10H2,1-2H3. The SMILES string of the molecule is CCCn1cc(OCc2cccc(C)n2)cn1. The van der Waals surface area contributed by atoms with Gasteiger partial charge in [0.15, 0.2) is 5.75 Å². The van der Waals surface area contributed by atoms with Gasteiger partial charge in [0.25, 0.3) is 0 Å². The van der Waals surface area contributed by atoms with Crippen molar-refractivity contribution >= 4 is 0 Å². The lowest BCUT2D eigenvalue weighted by molar-refractivity contribution is 0.300. The van der Waals surface area contributed by atoms with Gasteiger partial charge in [0.1, 0.15) is 6.61 Å². The van der Waals surface area contributed by atoms with Crippen LogP contribution >= 0.6 is 0 Å². The van der Waals surface area contributed by atoms with Crippen molar-refractivity contribution in [2.75, 3.05) is 0 Å². The molecule has 4 heteroatoms. The van der Waals surface area contributed by atoms with E-state index in [2.05, 4.69) is 17.0 Å². The molecular weight excluding hydrogens is 214 g/mol. The Balaban J connectivity index is 1.93. The van der Waals surface area contributed by atoms with Crippen LogP contribution in [0.2, 0.25) is 0 Å². The lowest BCUT2D eigenvalue weighted by atomic mass is 10.3. The summed E-state index contributed by atoms with van der Waals surface area (Å²) in [6, 6.07) is 5.92. The highest BCUT2D eigenvalue weighted by Crippen LogP contribution is 2.11. The molecule has 0 spiro atoms. The molecule has 0 bridgehead atoms. The van der Waals surface area contributed by atoms with Gasteiger partial charge in [-0.3, -0.25) is 9.67 Å². The van der Waals surface area contributed by atoms with E-state index in [1.54, 1.807) is 6.20 Å². The molecule has 0 fully saturated rings. The Morgan fingerprint density at radius 3 is 3.00 bits per heavy atom. The third-order valence-corrected chi connectivity index (χ3v) is 2.39. The third-order valence-electron chi connectivity index (χ3n) is 2.39. The zero-order chi connectivity index (χ0) is 12.1. The fourth-order valence-electron chi connectivity index (χ4n) is 1.61. The van der Waals surface area contributed by atoms with E-state index in [0.29, 0.717) is 6.61 Å². The molecule has 0 N–H and O–H groups in total. The van der Waals surface area contributed by atoms with E-state index in [0.717, 1.165) is 30.1 Å². The molecule has 0 saturated heterocycles. The molecule has 4 nitrogen and oxygen atoms in total. The summed E-state index contributed by atoms with van der Waals surface area (Å²) in [7, 11) is 0. The lowest BCUT2D eigenvalue weighted by Crippen LogP contribution is -1.99. The Morgan fingerprint density at radius 1 is 1.35 bits per heavy atom. The molecule has 0 aliphatic rings. The minimum Gasteiger partial charge on any atom is -0.484 e. The van der Waals surface area contributed by atoms with E-state index in [-0.39, 0.29) is 0 Å². The highest BCUT2D eigenvalue weighted by Gasteiger charge is 2.00. The van der Waals surface area contributed by atoms with E-state index in [9.17, 15) is 0 Å². The summed E-state index contributed by atoms with van der Waals surface area (Å²) in [5, 5.41) is 4.21. The van der Waals surface area contributed by atoms with Crippen LogP contribution in [0.1, 0.15) is 24.7 Å². The summed E-state index contributed by atoms with van der Waals surface area (Å²) in [6.07, 6.45) is 4.73. The number of aryl methyl sites for hydroxylation is 2. The fourth-order valence-corrected chi connectivity index (χ4v) is 1.61. The Hall–Kier alpha value is -1.84. The van der Waals surface area contributed by atoms with Crippen LogP contribution < -0.4 is 4.74 Å². The van der Waals surface area contributed by atoms with Crippen molar-refractivity contribution in [2.24, 2.45) is 0 Å². The van der Waals surface area contributed by atoms with E-state index in [1.807, 2.05) is 36.0 Å². The van der Waals surface area contributed by atoms with Gasteiger partial charge in [-0.2, -0.15) is 5.10 Å². The Kier molecular flexibility index (Phi) is 3.75. The van der Waals surface area contributed by atoms with Crippen molar-refractivity contribution in [3.8, 4) is 5.75 Å². The average Bonchev–Trinajstić information content (AvgIpc) is 2.75. The maximum Gasteiger partial charge on any atom is 0.157 e. The summed E-state index contributed by atoms with van der Waals surface area (Å²) < 4.78 is 7.52. The second-order valence-corrected chi connectivity index (χ2v) is 4.00. The topological polar surface area (TPSA) is 39.9 Å². The van der Waals surface area contributed by atoms with Gasteiger partial charge in [0.2, 0.25) is 0 Å². The number of ether oxygens (including phenoxy) is 1. The Bertz CT molecular complexity index is 479. The van der Waals surface area contributed by atoms with E-state index in [1.165, 1.54) is 0 Å². The van der Waals surface area contributed by atoms with Gasteiger partial charge >= 0.3 is 0 Å². The van der Waals surface area contributed by atoms with Gasteiger partial charge in [-0.15, -0.1) is 0 Å². The first kappa shape index (κ1) is 11.6. The minimum absolute atomic E-state index is 0.486. The zero-order valence-electron chi connectivity index (χ0n) is 10.3. The molecule has 0 radical (unpaired) electrons. The molecule has 17 heavy (non-hydrogen) atoms. The van der Waals surface area contributed by atoms with Crippen molar-refractivity contribution in [2.45, 2.75) is 33.4 Å². The van der Waals surface area contributed by atoms with Crippen LogP contribution in [0.15, 0.2) is 30.6 Å². The molecule has 2 heterocycles. The van der Waals surface area contributed by atoms with Crippen molar-refractivity contribution in [3.05, 3.63) is 42.0 Å². The summed E-state index contributed by atoms with van der Waals surface area (Å²) in [5.74, 6) is 0.793. The fraction of sp³-hybridized carbons (Fsp3) is 0.385. The molecule has 2 aromatic rings. The number of nitrogens with zero attached hydrogens (tertiary/aromatic N) is 3. The number of hydrogen-bond acceptors (Lipinski definition) is 3. The van der Waals surface area contributed by atoms with E-state index >= 15 is 0 Å². The summed E-state index contributed by atoms with van der Waals surface area (Å²) in [5.41, 5.74) is 1.95. The van der Waals surface area contributed by atoms with Crippen LogP contribution in [0.25, 0.3) is 0 Å². The van der Waals surface area contributed by atoms with Crippen molar-refractivity contribution in [1.82, 2.24) is 14.8 Å². The molecule has 0 amide bonds. The second kappa shape index (κ2) is 5.48. The molecule has 90 valence electrons. The van der Waals surface area contributed by atoms with Crippen molar-refractivity contribution in [3.63, 3.8) is 0 Å². The van der Waals surface area contributed by atoms with E-state index < -0.39 is 0 Å². The molecule has 2 rings (SSSR count). The van der Waals surface area contributed by atoms with Crippen LogP contribution in [0.3, 0.4) is 0 Å². The van der Waals surface area contributed by atoms with Gasteiger partial charge in [-0.1, -0.05) is 13.0 Å². The first-order valence-corrected chi connectivity index (χ1v) is 5.85. The lowest BCUT2D eigenvalue weighted by Gasteiger charge is -2.03. The van der Waals surface area contributed by atoms with Crippen molar-refractivity contribution in [1.29, 1.82) is 0 Å². The predicted molar refractivity (Wildman–Crippen MR) is 65.8 cm³/mol. The van der Waals surface area contributed by atoms with Crippen LogP contribution in [0.4, 0.5) is 0 Å². The molecule has 0 aromatic carbocycles. The monoisotopic (exact) mass is 231 g/mol. The molecule has 0 unspecified atom stereocenters. The number of rotatable bonds is 5. The van der Waals surface area contributed by atoms with Gasteiger partial charge in [-0.25, -0.2) is 0 Å². The van der Waals surface area contributed by atoms with Gasteiger partial charge in [0.05, 0.1) is 18.1 Å². The summed E-state index contributed by atoms with van der Waals surface area (Å²) in [6.45, 7) is 5.51. The van der Waals surface area contributed by atoms with Crippen molar-refractivity contribution < 1.29 is 4.74 Å². The highest BCUT2D eigenvalue weighted by atomic mass is 16.5. The first-order chi connectivity index (χ1) is 8.28. The molecule has 0 saturated carbocycles. The largest absolute Gasteiger partial charge is 0.484 e.